The van der Waals surface area contributed by atoms with Gasteiger partial charge >= 0.3 is 5.97 Å². The lowest BCUT2D eigenvalue weighted by atomic mass is 10.2. The van der Waals surface area contributed by atoms with Crippen LogP contribution in [0.15, 0.2) is 57.7 Å². The molecule has 0 radical (unpaired) electrons. The minimum absolute atomic E-state index is 0.117. The number of carboxylic acids is 1. The topological polar surface area (TPSA) is 86.0 Å². The van der Waals surface area contributed by atoms with Gasteiger partial charge in [-0.1, -0.05) is 18.2 Å². The average Bonchev–Trinajstić information content (AvgIpc) is 2.59. The average molecular weight is 340 g/mol. The van der Waals surface area contributed by atoms with Crippen LogP contribution in [0, 0.1) is 6.92 Å². The third-order valence-corrected chi connectivity index (χ3v) is 3.61. The second kappa shape index (κ2) is 6.68. The van der Waals surface area contributed by atoms with Crippen LogP contribution in [-0.4, -0.2) is 17.2 Å². The summed E-state index contributed by atoms with van der Waals surface area (Å²) in [6, 6.07) is 13.5. The monoisotopic (exact) mass is 340 g/mol. The Bertz CT molecular complexity index is 974. The number of ether oxygens (including phenoxy) is 2. The SMILES string of the molecule is Cc1oc2cc(O[C@H](C)C(=O)O)ccc2c(=O)c1Oc1ccccc1. The molecule has 0 unspecified atom stereocenters. The number of rotatable bonds is 5. The van der Waals surface area contributed by atoms with Crippen LogP contribution in [0.25, 0.3) is 11.0 Å². The highest BCUT2D eigenvalue weighted by atomic mass is 16.5. The van der Waals surface area contributed by atoms with E-state index in [9.17, 15) is 9.59 Å². The second-order valence-corrected chi connectivity index (χ2v) is 5.49. The molecule has 0 amide bonds. The van der Waals surface area contributed by atoms with Crippen molar-refractivity contribution in [3.05, 3.63) is 64.5 Å². The van der Waals surface area contributed by atoms with Gasteiger partial charge in [0.1, 0.15) is 22.8 Å². The highest BCUT2D eigenvalue weighted by molar-refractivity contribution is 5.80. The molecule has 0 saturated heterocycles. The second-order valence-electron chi connectivity index (χ2n) is 5.49. The minimum atomic E-state index is -1.08. The van der Waals surface area contributed by atoms with E-state index in [4.69, 9.17) is 19.0 Å². The molecule has 0 aliphatic carbocycles. The van der Waals surface area contributed by atoms with Gasteiger partial charge in [0.25, 0.3) is 0 Å². The summed E-state index contributed by atoms with van der Waals surface area (Å²) in [6.45, 7) is 3.05. The Morgan fingerprint density at radius 1 is 1.12 bits per heavy atom. The van der Waals surface area contributed by atoms with Crippen LogP contribution in [0.2, 0.25) is 0 Å². The van der Waals surface area contributed by atoms with Crippen molar-refractivity contribution >= 4 is 16.9 Å². The first kappa shape index (κ1) is 16.6. The van der Waals surface area contributed by atoms with E-state index in [-0.39, 0.29) is 11.2 Å². The molecule has 25 heavy (non-hydrogen) atoms. The lowest BCUT2D eigenvalue weighted by Gasteiger charge is -2.12. The zero-order valence-electron chi connectivity index (χ0n) is 13.7. The maximum Gasteiger partial charge on any atom is 0.344 e. The van der Waals surface area contributed by atoms with Crippen LogP contribution >= 0.6 is 0 Å². The number of fused-ring (bicyclic) bond motifs is 1. The number of aryl methyl sites for hydroxylation is 1. The predicted molar refractivity (Wildman–Crippen MR) is 91.5 cm³/mol. The number of benzene rings is 2. The third kappa shape index (κ3) is 3.47. The molecule has 0 spiro atoms. The first-order valence-corrected chi connectivity index (χ1v) is 7.65. The molecule has 0 aliphatic rings. The van der Waals surface area contributed by atoms with Crippen molar-refractivity contribution in [2.24, 2.45) is 0 Å². The summed E-state index contributed by atoms with van der Waals surface area (Å²) >= 11 is 0. The van der Waals surface area contributed by atoms with Crippen molar-refractivity contribution < 1.29 is 23.8 Å². The quantitative estimate of drug-likeness (QED) is 0.761. The van der Waals surface area contributed by atoms with Gasteiger partial charge in [-0.25, -0.2) is 4.79 Å². The van der Waals surface area contributed by atoms with E-state index >= 15 is 0 Å². The summed E-state index contributed by atoms with van der Waals surface area (Å²) in [5.41, 5.74) is -0.00145. The van der Waals surface area contributed by atoms with E-state index in [0.717, 1.165) is 0 Å². The van der Waals surface area contributed by atoms with Gasteiger partial charge in [0, 0.05) is 6.07 Å². The molecule has 0 bridgehead atoms. The minimum Gasteiger partial charge on any atom is -0.479 e. The largest absolute Gasteiger partial charge is 0.479 e. The van der Waals surface area contributed by atoms with Crippen LogP contribution in [0.4, 0.5) is 0 Å². The third-order valence-electron chi connectivity index (χ3n) is 3.61. The smallest absolute Gasteiger partial charge is 0.344 e. The first-order valence-electron chi connectivity index (χ1n) is 7.65. The van der Waals surface area contributed by atoms with Crippen LogP contribution < -0.4 is 14.9 Å². The molecule has 6 heteroatoms. The van der Waals surface area contributed by atoms with Gasteiger partial charge in [-0.15, -0.1) is 0 Å². The number of carboxylic acid groups (broad SMARTS) is 1. The van der Waals surface area contributed by atoms with Gasteiger partial charge < -0.3 is 19.0 Å². The fourth-order valence-corrected chi connectivity index (χ4v) is 2.32. The molecule has 1 heterocycles. The molecular formula is C19H16O6. The van der Waals surface area contributed by atoms with Gasteiger partial charge in [0.05, 0.1) is 5.39 Å². The Hall–Kier alpha value is -3.28. The van der Waals surface area contributed by atoms with Crippen molar-refractivity contribution in [1.82, 2.24) is 0 Å². The molecule has 1 atom stereocenters. The number of aliphatic carboxylic acids is 1. The normalized spacial score (nSPS) is 11.9. The standard InChI is InChI=1S/C19H16O6/c1-11-18(25-13-6-4-3-5-7-13)17(20)15-9-8-14(10-16(15)24-11)23-12(2)19(21)22/h3-10,12H,1-2H3,(H,21,22)/t12-/m1/s1. The maximum absolute atomic E-state index is 12.7. The van der Waals surface area contributed by atoms with Gasteiger partial charge in [-0.3, -0.25) is 4.79 Å². The molecular weight excluding hydrogens is 324 g/mol. The lowest BCUT2D eigenvalue weighted by Crippen LogP contribution is -2.22. The summed E-state index contributed by atoms with van der Waals surface area (Å²) in [6.07, 6.45) is -1.01. The Labute approximate surface area is 143 Å². The Morgan fingerprint density at radius 2 is 1.84 bits per heavy atom. The Morgan fingerprint density at radius 3 is 2.52 bits per heavy atom. The number of hydrogen-bond acceptors (Lipinski definition) is 5. The van der Waals surface area contributed by atoms with Gasteiger partial charge in [-0.05, 0) is 38.1 Å². The number of hydrogen-bond donors (Lipinski definition) is 1. The fourth-order valence-electron chi connectivity index (χ4n) is 2.32. The lowest BCUT2D eigenvalue weighted by molar-refractivity contribution is -0.144. The zero-order valence-corrected chi connectivity index (χ0v) is 13.7. The summed E-state index contributed by atoms with van der Waals surface area (Å²) < 4.78 is 16.6. The van der Waals surface area contributed by atoms with E-state index in [0.29, 0.717) is 28.2 Å². The summed E-state index contributed by atoms with van der Waals surface area (Å²) in [4.78, 5) is 23.6. The Kier molecular flexibility index (Phi) is 4.43. The fraction of sp³-hybridized carbons (Fsp3) is 0.158. The van der Waals surface area contributed by atoms with Gasteiger partial charge in [-0.2, -0.15) is 0 Å². The van der Waals surface area contributed by atoms with E-state index in [1.165, 1.54) is 25.1 Å². The molecule has 1 aromatic heterocycles. The predicted octanol–water partition coefficient (Wildman–Crippen LogP) is 3.75. The summed E-state index contributed by atoms with van der Waals surface area (Å²) in [7, 11) is 0. The Balaban J connectivity index is 2.00. The van der Waals surface area contributed by atoms with Crippen molar-refractivity contribution in [3.63, 3.8) is 0 Å². The van der Waals surface area contributed by atoms with Crippen LogP contribution in [0.5, 0.6) is 17.2 Å². The van der Waals surface area contributed by atoms with E-state index in [2.05, 4.69) is 0 Å². The van der Waals surface area contributed by atoms with Crippen LogP contribution in [0.3, 0.4) is 0 Å². The van der Waals surface area contributed by atoms with Crippen molar-refractivity contribution in [3.8, 4) is 17.2 Å². The zero-order chi connectivity index (χ0) is 18.0. The van der Waals surface area contributed by atoms with E-state index < -0.39 is 12.1 Å². The molecule has 1 N–H and O–H groups in total. The molecule has 3 aromatic rings. The molecule has 0 aliphatic heterocycles. The highest BCUT2D eigenvalue weighted by Crippen LogP contribution is 2.27. The van der Waals surface area contributed by atoms with Gasteiger partial charge in [0.15, 0.2) is 6.10 Å². The molecule has 2 aromatic carbocycles. The highest BCUT2D eigenvalue weighted by Gasteiger charge is 2.16. The molecule has 3 rings (SSSR count). The molecule has 0 saturated carbocycles. The first-order chi connectivity index (χ1) is 12.0. The van der Waals surface area contributed by atoms with Crippen LogP contribution in [0.1, 0.15) is 12.7 Å². The van der Waals surface area contributed by atoms with Crippen molar-refractivity contribution in [2.45, 2.75) is 20.0 Å². The molecule has 0 fully saturated rings. The van der Waals surface area contributed by atoms with Crippen molar-refractivity contribution in [1.29, 1.82) is 0 Å². The van der Waals surface area contributed by atoms with E-state index in [1.807, 2.05) is 6.07 Å². The summed E-state index contributed by atoms with van der Waals surface area (Å²) in [5.74, 6) is 0.203. The summed E-state index contributed by atoms with van der Waals surface area (Å²) in [5, 5.41) is 9.23. The maximum atomic E-state index is 12.7. The number of para-hydroxylation sites is 1. The molecule has 128 valence electrons. The van der Waals surface area contributed by atoms with Crippen molar-refractivity contribution in [2.75, 3.05) is 0 Å². The van der Waals surface area contributed by atoms with Gasteiger partial charge in [0.2, 0.25) is 11.2 Å². The number of carbonyl (C=O) groups is 1. The van der Waals surface area contributed by atoms with Crippen LogP contribution in [-0.2, 0) is 4.79 Å². The molecule has 6 nitrogen and oxygen atoms in total. The van der Waals surface area contributed by atoms with E-state index in [1.54, 1.807) is 31.2 Å².